The van der Waals surface area contributed by atoms with Crippen molar-refractivity contribution in [3.05, 3.63) is 51.9 Å². The van der Waals surface area contributed by atoms with Crippen LogP contribution in [0.25, 0.3) is 16.9 Å². The third-order valence-corrected chi connectivity index (χ3v) is 2.88. The van der Waals surface area contributed by atoms with E-state index in [9.17, 15) is 9.59 Å². The average molecular weight is 270 g/mol. The van der Waals surface area contributed by atoms with E-state index in [4.69, 9.17) is 5.11 Å². The Morgan fingerprint density at radius 1 is 1.25 bits per heavy atom. The lowest BCUT2D eigenvalue weighted by Gasteiger charge is -2.01. The number of nitrogens with zero attached hydrogens (tertiary/aromatic N) is 3. The van der Waals surface area contributed by atoms with Gasteiger partial charge >= 0.3 is 5.97 Å². The molecule has 0 radical (unpaired) electrons. The summed E-state index contributed by atoms with van der Waals surface area (Å²) in [7, 11) is 0. The highest BCUT2D eigenvalue weighted by atomic mass is 16.4. The fourth-order valence-electron chi connectivity index (χ4n) is 1.91. The molecule has 20 heavy (non-hydrogen) atoms. The van der Waals surface area contributed by atoms with E-state index in [2.05, 4.69) is 15.2 Å². The lowest BCUT2D eigenvalue weighted by atomic mass is 10.1. The molecule has 2 aromatic heterocycles. The van der Waals surface area contributed by atoms with E-state index < -0.39 is 5.97 Å². The predicted octanol–water partition coefficient (Wildman–Crippen LogP) is 1.09. The fourth-order valence-corrected chi connectivity index (χ4v) is 1.91. The molecular formula is C13H10N4O3. The molecule has 7 nitrogen and oxygen atoms in total. The van der Waals surface area contributed by atoms with Gasteiger partial charge < -0.3 is 10.1 Å². The number of rotatable bonds is 2. The molecule has 0 aliphatic rings. The van der Waals surface area contributed by atoms with Crippen LogP contribution in [0.1, 0.15) is 16.1 Å². The van der Waals surface area contributed by atoms with E-state index in [0.29, 0.717) is 22.6 Å². The van der Waals surface area contributed by atoms with Crippen LogP contribution >= 0.6 is 0 Å². The normalized spacial score (nSPS) is 10.8. The summed E-state index contributed by atoms with van der Waals surface area (Å²) in [5.41, 5.74) is 1.56. The number of aromatic carboxylic acids is 1. The quantitative estimate of drug-likeness (QED) is 0.726. The standard InChI is InChI=1S/C13H10N4O3/c1-7-6-10-12(18)14-11(16-17(10)15-7)8-2-4-9(5-3-8)13(19)20/h2-6H,1H3,(H,19,20)(H,14,16,18). The van der Waals surface area contributed by atoms with Crippen molar-refractivity contribution >= 4 is 11.5 Å². The number of hydrogen-bond acceptors (Lipinski definition) is 4. The van der Waals surface area contributed by atoms with E-state index in [1.807, 2.05) is 0 Å². The minimum absolute atomic E-state index is 0.173. The maximum Gasteiger partial charge on any atom is 0.335 e. The van der Waals surface area contributed by atoms with Crippen molar-refractivity contribution in [2.45, 2.75) is 6.92 Å². The Balaban J connectivity index is 2.14. The first kappa shape index (κ1) is 12.1. The van der Waals surface area contributed by atoms with Gasteiger partial charge in [-0.25, -0.2) is 4.79 Å². The van der Waals surface area contributed by atoms with Crippen LogP contribution in [-0.2, 0) is 0 Å². The van der Waals surface area contributed by atoms with Gasteiger partial charge in [0.25, 0.3) is 5.56 Å². The summed E-state index contributed by atoms with van der Waals surface area (Å²) in [6.07, 6.45) is 0. The highest BCUT2D eigenvalue weighted by Gasteiger charge is 2.09. The lowest BCUT2D eigenvalue weighted by molar-refractivity contribution is 0.0697. The number of carboxylic acid groups (broad SMARTS) is 1. The third kappa shape index (κ3) is 1.95. The maximum absolute atomic E-state index is 11.9. The van der Waals surface area contributed by atoms with Crippen LogP contribution in [0.4, 0.5) is 0 Å². The number of hydrogen-bond donors (Lipinski definition) is 2. The first-order chi connectivity index (χ1) is 9.54. The van der Waals surface area contributed by atoms with E-state index in [-0.39, 0.29) is 11.1 Å². The second-order valence-corrected chi connectivity index (χ2v) is 4.35. The smallest absolute Gasteiger partial charge is 0.335 e. The SMILES string of the molecule is Cc1cc2c(=O)[nH]c(-c3ccc(C(=O)O)cc3)nn2n1. The Morgan fingerprint density at radius 3 is 2.60 bits per heavy atom. The number of aryl methyl sites for hydroxylation is 1. The zero-order chi connectivity index (χ0) is 14.3. The van der Waals surface area contributed by atoms with Gasteiger partial charge in [-0.15, -0.1) is 9.73 Å². The van der Waals surface area contributed by atoms with Crippen LogP contribution in [0.5, 0.6) is 0 Å². The topological polar surface area (TPSA) is 100 Å². The van der Waals surface area contributed by atoms with E-state index in [1.165, 1.54) is 16.8 Å². The molecule has 3 aromatic rings. The lowest BCUT2D eigenvalue weighted by Crippen LogP contribution is -2.14. The number of fused-ring (bicyclic) bond motifs is 1. The first-order valence-corrected chi connectivity index (χ1v) is 5.85. The molecule has 2 heterocycles. The highest BCUT2D eigenvalue weighted by Crippen LogP contribution is 2.14. The van der Waals surface area contributed by atoms with Crippen molar-refractivity contribution in [2.75, 3.05) is 0 Å². The summed E-state index contributed by atoms with van der Waals surface area (Å²) < 4.78 is 1.27. The Kier molecular flexibility index (Phi) is 2.60. The van der Waals surface area contributed by atoms with E-state index >= 15 is 0 Å². The Labute approximate surface area is 112 Å². The molecule has 0 aliphatic heterocycles. The van der Waals surface area contributed by atoms with Crippen LogP contribution in [0, 0.1) is 6.92 Å². The number of aromatic amines is 1. The molecule has 1 aromatic carbocycles. The van der Waals surface area contributed by atoms with Gasteiger partial charge in [-0.3, -0.25) is 4.79 Å². The van der Waals surface area contributed by atoms with Gasteiger partial charge in [0.2, 0.25) is 0 Å². The van der Waals surface area contributed by atoms with Crippen LogP contribution in [-0.4, -0.2) is 30.9 Å². The minimum Gasteiger partial charge on any atom is -0.478 e. The summed E-state index contributed by atoms with van der Waals surface area (Å²) in [4.78, 5) is 25.4. The predicted molar refractivity (Wildman–Crippen MR) is 70.7 cm³/mol. The Bertz CT molecular complexity index is 861. The zero-order valence-corrected chi connectivity index (χ0v) is 10.5. The maximum atomic E-state index is 11.9. The average Bonchev–Trinajstić information content (AvgIpc) is 2.80. The summed E-state index contributed by atoms with van der Waals surface area (Å²) >= 11 is 0. The van der Waals surface area contributed by atoms with Gasteiger partial charge in [-0.1, -0.05) is 12.1 Å². The van der Waals surface area contributed by atoms with Crippen molar-refractivity contribution in [1.29, 1.82) is 0 Å². The van der Waals surface area contributed by atoms with Crippen LogP contribution < -0.4 is 5.56 Å². The molecular weight excluding hydrogens is 260 g/mol. The second-order valence-electron chi connectivity index (χ2n) is 4.35. The van der Waals surface area contributed by atoms with Crippen LogP contribution in [0.15, 0.2) is 35.1 Å². The number of carboxylic acids is 1. The van der Waals surface area contributed by atoms with Crippen molar-refractivity contribution in [3.63, 3.8) is 0 Å². The molecule has 100 valence electrons. The molecule has 0 atom stereocenters. The summed E-state index contributed by atoms with van der Waals surface area (Å²) in [6, 6.07) is 7.73. The summed E-state index contributed by atoms with van der Waals surface area (Å²) in [5, 5.41) is 17.1. The van der Waals surface area contributed by atoms with Gasteiger partial charge in [0.15, 0.2) is 11.3 Å². The first-order valence-electron chi connectivity index (χ1n) is 5.85. The van der Waals surface area contributed by atoms with Crippen molar-refractivity contribution in [3.8, 4) is 11.4 Å². The number of H-pyrrole nitrogens is 1. The molecule has 0 bridgehead atoms. The monoisotopic (exact) mass is 270 g/mol. The fraction of sp³-hybridized carbons (Fsp3) is 0.0769. The van der Waals surface area contributed by atoms with Crippen LogP contribution in [0.3, 0.4) is 0 Å². The number of aromatic nitrogens is 4. The van der Waals surface area contributed by atoms with Crippen molar-refractivity contribution < 1.29 is 9.90 Å². The molecule has 0 saturated heterocycles. The summed E-state index contributed by atoms with van der Waals surface area (Å²) in [6.45, 7) is 1.77. The number of carbonyl (C=O) groups is 1. The molecule has 0 saturated carbocycles. The largest absolute Gasteiger partial charge is 0.478 e. The van der Waals surface area contributed by atoms with Gasteiger partial charge in [-0.05, 0) is 25.1 Å². The Hall–Kier alpha value is -2.96. The Morgan fingerprint density at radius 2 is 1.95 bits per heavy atom. The minimum atomic E-state index is -1.00. The van der Waals surface area contributed by atoms with Crippen molar-refractivity contribution in [1.82, 2.24) is 19.8 Å². The van der Waals surface area contributed by atoms with E-state index in [1.54, 1.807) is 25.1 Å². The zero-order valence-electron chi connectivity index (χ0n) is 10.5. The molecule has 7 heteroatoms. The van der Waals surface area contributed by atoms with Gasteiger partial charge in [-0.2, -0.15) is 5.10 Å². The summed E-state index contributed by atoms with van der Waals surface area (Å²) in [5.74, 6) is -0.668. The molecule has 0 fully saturated rings. The number of nitrogens with one attached hydrogen (secondary N) is 1. The van der Waals surface area contributed by atoms with Crippen LogP contribution in [0.2, 0.25) is 0 Å². The van der Waals surface area contributed by atoms with E-state index in [0.717, 1.165) is 0 Å². The number of benzene rings is 1. The van der Waals surface area contributed by atoms with Gasteiger partial charge in [0.1, 0.15) is 0 Å². The van der Waals surface area contributed by atoms with Gasteiger partial charge in [0, 0.05) is 5.56 Å². The highest BCUT2D eigenvalue weighted by molar-refractivity contribution is 5.88. The third-order valence-electron chi connectivity index (χ3n) is 2.88. The molecule has 3 rings (SSSR count). The second kappa shape index (κ2) is 4.30. The molecule has 0 amide bonds. The molecule has 0 aliphatic carbocycles. The molecule has 0 spiro atoms. The van der Waals surface area contributed by atoms with Gasteiger partial charge in [0.05, 0.1) is 11.3 Å². The molecule has 0 unspecified atom stereocenters. The van der Waals surface area contributed by atoms with Crippen molar-refractivity contribution in [2.24, 2.45) is 0 Å². The molecule has 2 N–H and O–H groups in total.